The van der Waals surface area contributed by atoms with Gasteiger partial charge in [-0.05, 0) is 55.0 Å². The second kappa shape index (κ2) is 9.69. The minimum absolute atomic E-state index is 0.0635. The fourth-order valence-corrected chi connectivity index (χ4v) is 7.06. The largest absolute Gasteiger partial charge is 0.325 e. The van der Waals surface area contributed by atoms with Crippen LogP contribution < -0.4 is 5.32 Å². The van der Waals surface area contributed by atoms with Crippen LogP contribution in [0.1, 0.15) is 34.2 Å². The topological polar surface area (TPSA) is 94.0 Å². The highest BCUT2D eigenvalue weighted by Crippen LogP contribution is 2.36. The van der Waals surface area contributed by atoms with Gasteiger partial charge in [-0.25, -0.2) is 8.42 Å². The van der Waals surface area contributed by atoms with E-state index in [0.29, 0.717) is 18.0 Å². The Balaban J connectivity index is 1.55. The zero-order chi connectivity index (χ0) is 23.6. The predicted octanol–water partition coefficient (Wildman–Crippen LogP) is 3.88. The van der Waals surface area contributed by atoms with Gasteiger partial charge < -0.3 is 9.88 Å². The van der Waals surface area contributed by atoms with Crippen LogP contribution in [0, 0.1) is 19.8 Å². The van der Waals surface area contributed by atoms with Crippen LogP contribution in [0.5, 0.6) is 0 Å². The summed E-state index contributed by atoms with van der Waals surface area (Å²) in [5.74, 6) is 1.11. The first-order chi connectivity index (χ1) is 15.7. The van der Waals surface area contributed by atoms with E-state index in [9.17, 15) is 13.2 Å². The fourth-order valence-electron chi connectivity index (χ4n) is 4.18. The maximum absolute atomic E-state index is 13.4. The summed E-state index contributed by atoms with van der Waals surface area (Å²) in [6, 6.07) is 15.6. The summed E-state index contributed by atoms with van der Waals surface area (Å²) in [5, 5.41) is 11.8. The average Bonchev–Trinajstić information content (AvgIpc) is 3.27. The van der Waals surface area contributed by atoms with Crippen LogP contribution >= 0.6 is 11.8 Å². The van der Waals surface area contributed by atoms with Crippen molar-refractivity contribution in [2.75, 3.05) is 16.8 Å². The minimum Gasteiger partial charge on any atom is -0.325 e. The maximum atomic E-state index is 13.4. The molecule has 0 saturated carbocycles. The van der Waals surface area contributed by atoms with E-state index >= 15 is 0 Å². The van der Waals surface area contributed by atoms with Crippen molar-refractivity contribution in [2.24, 2.45) is 13.0 Å². The van der Waals surface area contributed by atoms with Crippen LogP contribution in [0.2, 0.25) is 0 Å². The predicted molar refractivity (Wildman–Crippen MR) is 131 cm³/mol. The van der Waals surface area contributed by atoms with Crippen molar-refractivity contribution in [1.29, 1.82) is 0 Å². The molecule has 1 saturated heterocycles. The van der Waals surface area contributed by atoms with Crippen molar-refractivity contribution in [3.63, 3.8) is 0 Å². The Bertz CT molecular complexity index is 1240. The highest BCUT2D eigenvalue weighted by molar-refractivity contribution is 8.00. The number of anilines is 1. The van der Waals surface area contributed by atoms with Gasteiger partial charge in [0.15, 0.2) is 15.0 Å². The summed E-state index contributed by atoms with van der Waals surface area (Å²) in [6.07, 6.45) is 1.22. The number of hydrogen-bond donors (Lipinski definition) is 1. The fraction of sp³-hybridized carbons (Fsp3) is 0.375. The Kier molecular flexibility index (Phi) is 6.90. The number of aromatic nitrogens is 3. The number of amides is 1. The zero-order valence-corrected chi connectivity index (χ0v) is 20.6. The molecule has 4 rings (SSSR count). The summed E-state index contributed by atoms with van der Waals surface area (Å²) >= 11 is 1.34. The third kappa shape index (κ3) is 5.83. The first-order valence-corrected chi connectivity index (χ1v) is 13.6. The first kappa shape index (κ1) is 23.5. The molecule has 0 aliphatic carbocycles. The van der Waals surface area contributed by atoms with Gasteiger partial charge in [0.2, 0.25) is 5.91 Å². The minimum atomic E-state index is -2.94. The Labute approximate surface area is 198 Å². The molecule has 0 bridgehead atoms. The molecule has 2 aromatic carbocycles. The lowest BCUT2D eigenvalue weighted by molar-refractivity contribution is -0.115. The molecular weight excluding hydrogens is 456 g/mol. The molecule has 0 unspecified atom stereocenters. The van der Waals surface area contributed by atoms with Crippen LogP contribution in [0.4, 0.5) is 5.69 Å². The lowest BCUT2D eigenvalue weighted by Crippen LogP contribution is -2.19. The van der Waals surface area contributed by atoms with E-state index in [-0.39, 0.29) is 23.3 Å². The Morgan fingerprint density at radius 3 is 2.48 bits per heavy atom. The molecule has 2 heterocycles. The van der Waals surface area contributed by atoms with Crippen molar-refractivity contribution in [3.8, 4) is 0 Å². The molecule has 3 aromatic rings. The molecule has 2 atom stereocenters. The number of sulfone groups is 1. The number of aryl methyl sites for hydroxylation is 2. The highest BCUT2D eigenvalue weighted by atomic mass is 32.2. The molecule has 1 amide bonds. The number of nitrogens with zero attached hydrogens (tertiary/aromatic N) is 3. The normalized spacial score (nSPS) is 18.2. The van der Waals surface area contributed by atoms with Crippen molar-refractivity contribution in [1.82, 2.24) is 14.8 Å². The van der Waals surface area contributed by atoms with Gasteiger partial charge >= 0.3 is 0 Å². The van der Waals surface area contributed by atoms with Crippen molar-refractivity contribution >= 4 is 33.2 Å². The first-order valence-electron chi connectivity index (χ1n) is 10.9. The number of benzene rings is 2. The van der Waals surface area contributed by atoms with Gasteiger partial charge in [0.05, 0.1) is 11.5 Å². The van der Waals surface area contributed by atoms with Gasteiger partial charge in [-0.15, -0.1) is 10.2 Å². The summed E-state index contributed by atoms with van der Waals surface area (Å²) in [7, 11) is -1.07. The Hall–Kier alpha value is -2.65. The molecule has 0 radical (unpaired) electrons. The third-order valence-electron chi connectivity index (χ3n) is 5.78. The smallest absolute Gasteiger partial charge is 0.242 e. The van der Waals surface area contributed by atoms with Crippen molar-refractivity contribution < 1.29 is 13.2 Å². The molecule has 9 heteroatoms. The van der Waals surface area contributed by atoms with E-state index in [1.54, 1.807) is 0 Å². The molecular formula is C24H28N4O3S2. The molecule has 1 aromatic heterocycles. The molecule has 33 heavy (non-hydrogen) atoms. The summed E-state index contributed by atoms with van der Waals surface area (Å²) in [6.45, 7) is 4.01. The number of hydrogen-bond acceptors (Lipinski definition) is 6. The van der Waals surface area contributed by atoms with E-state index in [2.05, 4.69) is 21.6 Å². The van der Waals surface area contributed by atoms with E-state index in [1.165, 1.54) is 11.8 Å². The zero-order valence-electron chi connectivity index (χ0n) is 19.0. The second-order valence-electron chi connectivity index (χ2n) is 8.71. The van der Waals surface area contributed by atoms with E-state index < -0.39 is 15.1 Å². The van der Waals surface area contributed by atoms with Crippen LogP contribution in [-0.2, 0) is 28.1 Å². The molecule has 1 aliphatic rings. The van der Waals surface area contributed by atoms with E-state index in [1.807, 2.05) is 67.9 Å². The summed E-state index contributed by atoms with van der Waals surface area (Å²) in [4.78, 5) is 13.4. The number of thioether (sulfide) groups is 1. The summed E-state index contributed by atoms with van der Waals surface area (Å²) < 4.78 is 25.5. The van der Waals surface area contributed by atoms with Gasteiger partial charge in [0.1, 0.15) is 11.1 Å². The van der Waals surface area contributed by atoms with Gasteiger partial charge in [0.25, 0.3) is 0 Å². The standard InChI is InChI=1S/C24H28N4O3S2/c1-16-11-17(2)13-20(12-16)25-23(29)22(19-7-5-4-6-8-19)32-24-27-26-21(28(24)3)14-18-9-10-33(30,31)15-18/h4-8,11-13,18,22H,9-10,14-15H2,1-3H3,(H,25,29)/t18-,22-/m1/s1. The van der Waals surface area contributed by atoms with Crippen LogP contribution in [-0.4, -0.2) is 40.6 Å². The third-order valence-corrected chi connectivity index (χ3v) is 8.90. The average molecular weight is 485 g/mol. The van der Waals surface area contributed by atoms with E-state index in [4.69, 9.17) is 0 Å². The van der Waals surface area contributed by atoms with Crippen LogP contribution in [0.3, 0.4) is 0 Å². The molecule has 1 aliphatic heterocycles. The SMILES string of the molecule is Cc1cc(C)cc(NC(=O)[C@H](Sc2nnc(C[C@H]3CCS(=O)(=O)C3)n2C)c2ccccc2)c1. The van der Waals surface area contributed by atoms with Crippen molar-refractivity contribution in [3.05, 3.63) is 71.0 Å². The Morgan fingerprint density at radius 2 is 1.85 bits per heavy atom. The second-order valence-corrected chi connectivity index (χ2v) is 12.0. The maximum Gasteiger partial charge on any atom is 0.242 e. The number of nitrogens with one attached hydrogen (secondary N) is 1. The molecule has 1 N–H and O–H groups in total. The van der Waals surface area contributed by atoms with Gasteiger partial charge in [0, 0.05) is 19.2 Å². The van der Waals surface area contributed by atoms with Crippen LogP contribution in [0.25, 0.3) is 0 Å². The lowest BCUT2D eigenvalue weighted by Gasteiger charge is -2.17. The number of carbonyl (C=O) groups excluding carboxylic acids is 1. The monoisotopic (exact) mass is 484 g/mol. The van der Waals surface area contributed by atoms with Crippen LogP contribution in [0.15, 0.2) is 53.7 Å². The Morgan fingerprint density at radius 1 is 1.15 bits per heavy atom. The lowest BCUT2D eigenvalue weighted by atomic mass is 10.1. The quantitative estimate of drug-likeness (QED) is 0.512. The van der Waals surface area contributed by atoms with E-state index in [0.717, 1.165) is 28.2 Å². The molecule has 0 spiro atoms. The van der Waals surface area contributed by atoms with Gasteiger partial charge in [-0.2, -0.15) is 0 Å². The number of carbonyl (C=O) groups is 1. The summed E-state index contributed by atoms with van der Waals surface area (Å²) in [5.41, 5.74) is 3.80. The van der Waals surface area contributed by atoms with Gasteiger partial charge in [-0.1, -0.05) is 48.2 Å². The van der Waals surface area contributed by atoms with Gasteiger partial charge in [-0.3, -0.25) is 4.79 Å². The van der Waals surface area contributed by atoms with Crippen molar-refractivity contribution in [2.45, 2.75) is 37.1 Å². The molecule has 1 fully saturated rings. The highest BCUT2D eigenvalue weighted by Gasteiger charge is 2.30. The number of rotatable bonds is 7. The molecule has 7 nitrogen and oxygen atoms in total. The molecule has 174 valence electrons.